The van der Waals surface area contributed by atoms with E-state index in [4.69, 9.17) is 5.11 Å². The van der Waals surface area contributed by atoms with Gasteiger partial charge in [0.05, 0.1) is 6.54 Å². The molecule has 1 aliphatic rings. The van der Waals surface area contributed by atoms with Crippen molar-refractivity contribution in [1.82, 2.24) is 25.5 Å². The summed E-state index contributed by atoms with van der Waals surface area (Å²) in [6, 6.07) is 18.8. The zero-order chi connectivity index (χ0) is 24.8. The van der Waals surface area contributed by atoms with Gasteiger partial charge < -0.3 is 15.1 Å². The minimum absolute atomic E-state index is 0.0326. The molecule has 0 aliphatic carbocycles. The largest absolute Gasteiger partial charge is 0.479 e. The highest BCUT2D eigenvalue weighted by atomic mass is 16.4. The van der Waals surface area contributed by atoms with Gasteiger partial charge in [-0.25, -0.2) is 9.80 Å². The van der Waals surface area contributed by atoms with Crippen LogP contribution in [-0.2, 0) is 11.3 Å². The standard InChI is InChI=1S/C25H25N5O5/c31-22(25(34)35)16-30(15-17-8-10-19(11-9-17)18-6-2-1-3-7-18)28-23(32)20-14-21(27-26-20)24(33)29-12-4-5-13-29/h1-11,14,22,31H,12-13,15-16H2,(H,26,27)(H,28,32)(H,34,35). The first-order chi connectivity index (χ1) is 16.9. The van der Waals surface area contributed by atoms with Gasteiger partial charge in [-0.15, -0.1) is 0 Å². The van der Waals surface area contributed by atoms with E-state index >= 15 is 0 Å². The van der Waals surface area contributed by atoms with Gasteiger partial charge in [-0.2, -0.15) is 5.10 Å². The zero-order valence-corrected chi connectivity index (χ0v) is 18.8. The fourth-order valence-electron chi connectivity index (χ4n) is 3.65. The Morgan fingerprint density at radius 3 is 2.34 bits per heavy atom. The van der Waals surface area contributed by atoms with Crippen molar-refractivity contribution in [1.29, 1.82) is 0 Å². The summed E-state index contributed by atoms with van der Waals surface area (Å²) in [7, 11) is 0. The maximum atomic E-state index is 12.8. The van der Waals surface area contributed by atoms with Crippen LogP contribution in [0.4, 0.5) is 0 Å². The monoisotopic (exact) mass is 475 g/mol. The molecule has 1 aromatic heterocycles. The second-order valence-corrected chi connectivity index (χ2v) is 8.09. The van der Waals surface area contributed by atoms with E-state index in [2.05, 4.69) is 15.6 Å². The lowest BCUT2D eigenvalue weighted by molar-refractivity contribution is -0.148. The molecule has 1 unspecified atom stereocenters. The number of carbonyl (C=O) groups is 3. The molecule has 0 bridgehead atoms. The van der Waals surface area contributed by atoms with E-state index in [1.54, 1.807) is 4.90 Å². The number of H-pyrrole nitrogens is 1. The van der Waals surface area contributed by atoms with Crippen LogP contribution in [0.1, 0.15) is 26.5 Å². The Morgan fingerprint density at radius 1 is 1.03 bits per heavy atom. The van der Waals surface area contributed by atoms with Gasteiger partial charge in [0.15, 0.2) is 11.8 Å². The number of carbonyl (C=O) groups excluding carboxylic acids is 2. The molecule has 2 aromatic carbocycles. The Balaban J connectivity index is 1.45. The van der Waals surface area contributed by atoms with Gasteiger partial charge >= 0.3 is 5.97 Å². The molecule has 4 rings (SSSR count). The number of benzene rings is 2. The van der Waals surface area contributed by atoms with Crippen LogP contribution >= 0.6 is 0 Å². The van der Waals surface area contributed by atoms with Crippen LogP contribution in [0, 0.1) is 0 Å². The number of rotatable bonds is 9. The molecule has 2 heterocycles. The number of aliphatic hydroxyl groups excluding tert-OH is 1. The van der Waals surface area contributed by atoms with Gasteiger partial charge in [-0.3, -0.25) is 20.1 Å². The predicted octanol–water partition coefficient (Wildman–Crippen LogP) is 1.68. The molecule has 0 radical (unpaired) electrons. The van der Waals surface area contributed by atoms with Crippen LogP contribution in [0.5, 0.6) is 0 Å². The molecule has 4 N–H and O–H groups in total. The fourth-order valence-corrected chi connectivity index (χ4v) is 3.65. The Hall–Kier alpha value is -4.28. The van der Waals surface area contributed by atoms with E-state index in [0.29, 0.717) is 13.1 Å². The van der Waals surface area contributed by atoms with E-state index in [0.717, 1.165) is 16.7 Å². The minimum atomic E-state index is -1.71. The summed E-state index contributed by atoms with van der Waals surface area (Å²) in [5, 5.41) is 26.8. The summed E-state index contributed by atoms with van der Waals surface area (Å²) < 4.78 is 0. The number of hydrogen-bond donors (Lipinski definition) is 4. The van der Waals surface area contributed by atoms with Gasteiger partial charge in [0.2, 0.25) is 0 Å². The van der Waals surface area contributed by atoms with E-state index < -0.39 is 18.0 Å². The number of aliphatic carboxylic acids is 1. The van der Waals surface area contributed by atoms with Gasteiger partial charge in [-0.1, -0.05) is 66.7 Å². The summed E-state index contributed by atoms with van der Waals surface area (Å²) in [5.74, 6) is -2.33. The number of amides is 2. The smallest absolute Gasteiger partial charge is 0.333 e. The predicted molar refractivity (Wildman–Crippen MR) is 127 cm³/mol. The van der Waals surface area contributed by atoms with E-state index in [1.165, 1.54) is 11.1 Å². The van der Waals surface area contributed by atoms with E-state index in [-0.39, 0.29) is 30.4 Å². The Morgan fingerprint density at radius 2 is 1.69 bits per heavy atom. The van der Waals surface area contributed by atoms with Crippen LogP contribution in [0.15, 0.2) is 72.8 Å². The molecule has 35 heavy (non-hydrogen) atoms. The third-order valence-electron chi connectivity index (χ3n) is 5.52. The third kappa shape index (κ3) is 5.99. The van der Waals surface area contributed by atoms with Crippen molar-refractivity contribution in [2.75, 3.05) is 19.6 Å². The molecule has 10 nitrogen and oxygen atoms in total. The highest BCUT2D eigenvalue weighted by molar-refractivity contribution is 5.97. The topological polar surface area (TPSA) is 139 Å². The van der Waals surface area contributed by atoms with Gasteiger partial charge in [-0.05, 0) is 16.7 Å². The van der Waals surface area contributed by atoms with Crippen LogP contribution in [0.3, 0.4) is 0 Å². The lowest BCUT2D eigenvalue weighted by atomic mass is 10.0. The first-order valence-corrected chi connectivity index (χ1v) is 11.0. The SMILES string of the molecule is O=C(NN(Cc1ccc(-c2ccccc2)cc1)CC(O)C(=O)O)c1cc(C(=O)N2CC=CC2)[nH]n1. The Labute approximate surface area is 201 Å². The van der Waals surface area contributed by atoms with Crippen molar-refractivity contribution < 1.29 is 24.6 Å². The fraction of sp³-hybridized carbons (Fsp3) is 0.200. The molecule has 0 spiro atoms. The summed E-state index contributed by atoms with van der Waals surface area (Å²) in [6.45, 7) is 0.768. The quantitative estimate of drug-likeness (QED) is 0.273. The molecular weight excluding hydrogens is 450 g/mol. The summed E-state index contributed by atoms with van der Waals surface area (Å²) in [4.78, 5) is 38.0. The van der Waals surface area contributed by atoms with E-state index in [1.807, 2.05) is 66.7 Å². The van der Waals surface area contributed by atoms with Crippen LogP contribution < -0.4 is 5.43 Å². The molecule has 0 saturated heterocycles. The average Bonchev–Trinajstić information content (AvgIpc) is 3.57. The van der Waals surface area contributed by atoms with Crippen LogP contribution in [0.2, 0.25) is 0 Å². The second-order valence-electron chi connectivity index (χ2n) is 8.09. The molecule has 0 fully saturated rings. The molecule has 1 aliphatic heterocycles. The lowest BCUT2D eigenvalue weighted by Gasteiger charge is -2.24. The van der Waals surface area contributed by atoms with Crippen molar-refractivity contribution in [3.8, 4) is 11.1 Å². The molecule has 1 atom stereocenters. The number of carboxylic acid groups (broad SMARTS) is 1. The highest BCUT2D eigenvalue weighted by Gasteiger charge is 2.24. The molecule has 10 heteroatoms. The number of carboxylic acids is 1. The molecule has 2 amide bonds. The van der Waals surface area contributed by atoms with Gasteiger partial charge in [0.25, 0.3) is 11.8 Å². The number of aromatic amines is 1. The highest BCUT2D eigenvalue weighted by Crippen LogP contribution is 2.20. The van der Waals surface area contributed by atoms with Crippen molar-refractivity contribution in [2.24, 2.45) is 0 Å². The number of hydrogen-bond acceptors (Lipinski definition) is 6. The number of nitrogens with zero attached hydrogens (tertiary/aromatic N) is 3. The summed E-state index contributed by atoms with van der Waals surface area (Å²) >= 11 is 0. The van der Waals surface area contributed by atoms with Crippen molar-refractivity contribution in [3.05, 3.63) is 89.8 Å². The number of aliphatic hydroxyl groups is 1. The van der Waals surface area contributed by atoms with Crippen LogP contribution in [0.25, 0.3) is 11.1 Å². The number of nitrogens with one attached hydrogen (secondary N) is 2. The Kier molecular flexibility index (Phi) is 7.34. The maximum Gasteiger partial charge on any atom is 0.333 e. The van der Waals surface area contributed by atoms with Gasteiger partial charge in [0, 0.05) is 25.7 Å². The van der Waals surface area contributed by atoms with Crippen LogP contribution in [-0.4, -0.2) is 73.8 Å². The minimum Gasteiger partial charge on any atom is -0.479 e. The van der Waals surface area contributed by atoms with E-state index in [9.17, 15) is 19.5 Å². The normalized spacial score (nSPS) is 13.7. The lowest BCUT2D eigenvalue weighted by Crippen LogP contribution is -2.47. The third-order valence-corrected chi connectivity index (χ3v) is 5.52. The van der Waals surface area contributed by atoms with Gasteiger partial charge in [0.1, 0.15) is 5.69 Å². The first-order valence-electron chi connectivity index (χ1n) is 11.0. The van der Waals surface area contributed by atoms with Crippen molar-refractivity contribution in [3.63, 3.8) is 0 Å². The molecule has 180 valence electrons. The molecular formula is C25H25N5O5. The zero-order valence-electron chi connectivity index (χ0n) is 18.8. The Bertz CT molecular complexity index is 1210. The average molecular weight is 476 g/mol. The first kappa shape index (κ1) is 23.9. The molecule has 0 saturated carbocycles. The number of hydrazine groups is 1. The second kappa shape index (κ2) is 10.8. The van der Waals surface area contributed by atoms with Crippen molar-refractivity contribution in [2.45, 2.75) is 12.6 Å². The molecule has 3 aromatic rings. The maximum absolute atomic E-state index is 12.8. The summed E-state index contributed by atoms with van der Waals surface area (Å²) in [5.41, 5.74) is 5.59. The summed E-state index contributed by atoms with van der Waals surface area (Å²) in [6.07, 6.45) is 2.04. The van der Waals surface area contributed by atoms with Crippen molar-refractivity contribution >= 4 is 17.8 Å². The number of aromatic nitrogens is 2.